The second-order valence-corrected chi connectivity index (χ2v) is 8.45. The van der Waals surface area contributed by atoms with Gasteiger partial charge in [-0.2, -0.15) is 0 Å². The van der Waals surface area contributed by atoms with Gasteiger partial charge in [-0.15, -0.1) is 0 Å². The Kier molecular flexibility index (Phi) is 6.93. The van der Waals surface area contributed by atoms with Crippen LogP contribution in [0.15, 0.2) is 39.5 Å². The van der Waals surface area contributed by atoms with Crippen molar-refractivity contribution in [2.24, 2.45) is 0 Å². The topological polar surface area (TPSA) is 78.2 Å². The molecule has 0 N–H and O–H groups in total. The molecule has 0 bridgehead atoms. The van der Waals surface area contributed by atoms with Crippen LogP contribution < -0.4 is 14.9 Å². The first-order chi connectivity index (χ1) is 16.4. The van der Waals surface area contributed by atoms with Crippen LogP contribution in [0.5, 0.6) is 11.5 Å². The van der Waals surface area contributed by atoms with Gasteiger partial charge in [-0.3, -0.25) is 9.59 Å². The third kappa shape index (κ3) is 4.16. The first-order valence-electron chi connectivity index (χ1n) is 11.7. The molecular weight excluding hydrogens is 434 g/mol. The minimum absolute atomic E-state index is 0.108. The van der Waals surface area contributed by atoms with Crippen molar-refractivity contribution < 1.29 is 23.4 Å². The number of amides is 1. The fourth-order valence-electron chi connectivity index (χ4n) is 4.71. The van der Waals surface area contributed by atoms with E-state index in [1.807, 2.05) is 58.0 Å². The maximum atomic E-state index is 13.8. The molecule has 0 aliphatic carbocycles. The number of aryl methyl sites for hydroxylation is 2. The number of carbonyl (C=O) groups is 1. The van der Waals surface area contributed by atoms with Crippen molar-refractivity contribution in [2.75, 3.05) is 33.5 Å². The predicted octanol–water partition coefficient (Wildman–Crippen LogP) is 4.79. The molecule has 0 spiro atoms. The van der Waals surface area contributed by atoms with E-state index in [0.717, 1.165) is 16.7 Å². The summed E-state index contributed by atoms with van der Waals surface area (Å²) < 4.78 is 22.8. The lowest BCUT2D eigenvalue weighted by Crippen LogP contribution is -2.31. The van der Waals surface area contributed by atoms with Crippen LogP contribution in [0, 0.1) is 13.8 Å². The predicted molar refractivity (Wildman–Crippen MR) is 130 cm³/mol. The maximum absolute atomic E-state index is 13.8. The molecule has 1 amide bonds. The number of carbonyl (C=O) groups excluding carboxylic acids is 1. The summed E-state index contributed by atoms with van der Waals surface area (Å²) in [5, 5.41) is 0.511. The number of fused-ring (bicyclic) bond motifs is 2. The second kappa shape index (κ2) is 9.89. The highest BCUT2D eigenvalue weighted by molar-refractivity contribution is 5.99. The molecule has 1 unspecified atom stereocenters. The fraction of sp³-hybridized carbons (Fsp3) is 0.407. The van der Waals surface area contributed by atoms with Crippen molar-refractivity contribution in [1.82, 2.24) is 4.90 Å². The van der Waals surface area contributed by atoms with Gasteiger partial charge < -0.3 is 23.5 Å². The number of hydrogen-bond acceptors (Lipinski definition) is 6. The molecule has 1 aromatic heterocycles. The van der Waals surface area contributed by atoms with Crippen molar-refractivity contribution in [1.29, 1.82) is 0 Å². The Labute approximate surface area is 199 Å². The average Bonchev–Trinajstić information content (AvgIpc) is 3.07. The molecule has 4 rings (SSSR count). The monoisotopic (exact) mass is 465 g/mol. The first kappa shape index (κ1) is 23.8. The number of methoxy groups -OCH3 is 1. The van der Waals surface area contributed by atoms with Crippen LogP contribution in [-0.2, 0) is 4.74 Å². The van der Waals surface area contributed by atoms with Gasteiger partial charge >= 0.3 is 0 Å². The molecule has 0 fully saturated rings. The smallest absolute Gasteiger partial charge is 0.290 e. The van der Waals surface area contributed by atoms with Gasteiger partial charge in [0.15, 0.2) is 16.9 Å². The zero-order chi connectivity index (χ0) is 24.4. The molecule has 0 saturated heterocycles. The molecule has 1 aliphatic rings. The molecule has 7 nitrogen and oxygen atoms in total. The highest BCUT2D eigenvalue weighted by Crippen LogP contribution is 2.41. The lowest BCUT2D eigenvalue weighted by molar-refractivity contribution is 0.0707. The summed E-state index contributed by atoms with van der Waals surface area (Å²) in [6.45, 7) is 9.54. The van der Waals surface area contributed by atoms with E-state index in [9.17, 15) is 9.59 Å². The molecule has 0 radical (unpaired) electrons. The van der Waals surface area contributed by atoms with Gasteiger partial charge in [-0.1, -0.05) is 12.1 Å². The number of nitrogens with zero attached hydrogens (tertiary/aromatic N) is 1. The quantitative estimate of drug-likeness (QED) is 0.423. The summed E-state index contributed by atoms with van der Waals surface area (Å²) in [6.07, 6.45) is 0.633. The van der Waals surface area contributed by atoms with Crippen molar-refractivity contribution in [3.63, 3.8) is 0 Å². The molecular formula is C27H31NO6. The van der Waals surface area contributed by atoms with E-state index in [4.69, 9.17) is 18.6 Å². The molecule has 180 valence electrons. The minimum atomic E-state index is -0.587. The van der Waals surface area contributed by atoms with E-state index in [1.165, 1.54) is 0 Å². The zero-order valence-electron chi connectivity index (χ0n) is 20.4. The lowest BCUT2D eigenvalue weighted by Gasteiger charge is -2.26. The van der Waals surface area contributed by atoms with Gasteiger partial charge in [0.25, 0.3) is 5.91 Å². The van der Waals surface area contributed by atoms with E-state index in [-0.39, 0.29) is 17.1 Å². The van der Waals surface area contributed by atoms with E-state index >= 15 is 0 Å². The van der Waals surface area contributed by atoms with Crippen LogP contribution in [0.25, 0.3) is 11.0 Å². The van der Waals surface area contributed by atoms with Crippen LogP contribution in [0.1, 0.15) is 59.1 Å². The summed E-state index contributed by atoms with van der Waals surface area (Å²) >= 11 is 0. The first-order valence-corrected chi connectivity index (χ1v) is 11.7. The van der Waals surface area contributed by atoms with Gasteiger partial charge in [-0.25, -0.2) is 0 Å². The Balaban J connectivity index is 1.93. The van der Waals surface area contributed by atoms with Gasteiger partial charge in [-0.05, 0) is 69.0 Å². The average molecular weight is 466 g/mol. The fourth-order valence-corrected chi connectivity index (χ4v) is 4.71. The molecule has 1 aliphatic heterocycles. The van der Waals surface area contributed by atoms with Crippen LogP contribution in [0.2, 0.25) is 0 Å². The van der Waals surface area contributed by atoms with E-state index in [2.05, 4.69) is 0 Å². The number of ether oxygens (including phenoxy) is 3. The van der Waals surface area contributed by atoms with Crippen molar-refractivity contribution in [3.8, 4) is 11.5 Å². The molecule has 34 heavy (non-hydrogen) atoms. The van der Waals surface area contributed by atoms with Crippen LogP contribution >= 0.6 is 0 Å². The summed E-state index contributed by atoms with van der Waals surface area (Å²) in [5.74, 6) is 1.02. The van der Waals surface area contributed by atoms with Crippen LogP contribution in [-0.4, -0.2) is 44.3 Å². The largest absolute Gasteiger partial charge is 0.490 e. The van der Waals surface area contributed by atoms with Crippen LogP contribution in [0.3, 0.4) is 0 Å². The lowest BCUT2D eigenvalue weighted by atomic mass is 9.96. The van der Waals surface area contributed by atoms with Crippen molar-refractivity contribution in [3.05, 3.63) is 68.6 Å². The standard InChI is InChI=1S/C27H31NO6/c1-6-32-19-10-9-18(15-20(19)33-7-2)24-23-25(29)22-17(4)13-16(3)14-21(22)34-26(23)27(30)28(24)11-8-12-31-5/h9-10,13-15,24H,6-8,11-12H2,1-5H3. The van der Waals surface area contributed by atoms with E-state index in [0.29, 0.717) is 60.8 Å². The van der Waals surface area contributed by atoms with Gasteiger partial charge in [0.05, 0.1) is 30.2 Å². The Morgan fingerprint density at radius 1 is 1.00 bits per heavy atom. The van der Waals surface area contributed by atoms with Crippen LogP contribution in [0.4, 0.5) is 0 Å². The zero-order valence-corrected chi connectivity index (χ0v) is 20.4. The Morgan fingerprint density at radius 2 is 1.74 bits per heavy atom. The number of benzene rings is 2. The molecule has 2 heterocycles. The minimum Gasteiger partial charge on any atom is -0.490 e. The summed E-state index contributed by atoms with van der Waals surface area (Å²) in [5.41, 5.74) is 3.21. The second-order valence-electron chi connectivity index (χ2n) is 8.45. The van der Waals surface area contributed by atoms with E-state index < -0.39 is 6.04 Å². The third-order valence-electron chi connectivity index (χ3n) is 6.04. The summed E-state index contributed by atoms with van der Waals surface area (Å²) in [7, 11) is 1.63. The SMILES string of the molecule is CCOc1ccc(C2c3c(oc4cc(C)cc(C)c4c3=O)C(=O)N2CCCOC)cc1OCC. The molecule has 3 aromatic rings. The van der Waals surface area contributed by atoms with Crippen molar-refractivity contribution in [2.45, 2.75) is 40.2 Å². The molecule has 2 aromatic carbocycles. The van der Waals surface area contributed by atoms with Crippen molar-refractivity contribution >= 4 is 16.9 Å². The van der Waals surface area contributed by atoms with E-state index in [1.54, 1.807) is 12.0 Å². The van der Waals surface area contributed by atoms with Gasteiger partial charge in [0.2, 0.25) is 5.76 Å². The number of rotatable bonds is 9. The summed E-state index contributed by atoms with van der Waals surface area (Å²) in [6, 6.07) is 8.75. The van der Waals surface area contributed by atoms with Gasteiger partial charge in [0.1, 0.15) is 5.58 Å². The Morgan fingerprint density at radius 3 is 2.44 bits per heavy atom. The molecule has 0 saturated carbocycles. The van der Waals surface area contributed by atoms with Gasteiger partial charge in [0, 0.05) is 20.3 Å². The Bertz CT molecular complexity index is 1280. The maximum Gasteiger partial charge on any atom is 0.290 e. The molecule has 7 heteroatoms. The number of hydrogen-bond donors (Lipinski definition) is 0. The molecule has 1 atom stereocenters. The third-order valence-corrected chi connectivity index (χ3v) is 6.04. The Hall–Kier alpha value is -3.32. The normalized spacial score (nSPS) is 15.1. The highest BCUT2D eigenvalue weighted by Gasteiger charge is 2.42. The highest BCUT2D eigenvalue weighted by atomic mass is 16.5. The summed E-state index contributed by atoms with van der Waals surface area (Å²) in [4.78, 5) is 29.0.